The van der Waals surface area contributed by atoms with Crippen LogP contribution in [0.25, 0.3) is 0 Å². The van der Waals surface area contributed by atoms with Gasteiger partial charge < -0.3 is 5.32 Å². The van der Waals surface area contributed by atoms with E-state index in [0.29, 0.717) is 17.3 Å². The molecule has 0 radical (unpaired) electrons. The van der Waals surface area contributed by atoms with Crippen molar-refractivity contribution in [1.82, 2.24) is 15.3 Å². The standard InChI is InChI=1S/C9H8ClN3O/c1-7(14)12-4-2-3-8-5-11-6-13-9(8)10/h5-6H,4H2,1H3,(H,12,14). The van der Waals surface area contributed by atoms with Crippen LogP contribution in [0.3, 0.4) is 0 Å². The molecule has 5 heteroatoms. The van der Waals surface area contributed by atoms with Crippen molar-refractivity contribution in [1.29, 1.82) is 0 Å². The van der Waals surface area contributed by atoms with Crippen LogP contribution in [-0.2, 0) is 4.79 Å². The Hall–Kier alpha value is -1.60. The predicted molar refractivity (Wildman–Crippen MR) is 52.6 cm³/mol. The van der Waals surface area contributed by atoms with Crippen LogP contribution in [0.4, 0.5) is 0 Å². The van der Waals surface area contributed by atoms with Gasteiger partial charge in [0.15, 0.2) is 0 Å². The average Bonchev–Trinajstić information content (AvgIpc) is 2.15. The van der Waals surface area contributed by atoms with Crippen LogP contribution < -0.4 is 5.32 Å². The second kappa shape index (κ2) is 5.20. The molecule has 4 nitrogen and oxygen atoms in total. The van der Waals surface area contributed by atoms with Crippen LogP contribution in [0.15, 0.2) is 12.5 Å². The third-order valence-corrected chi connectivity index (χ3v) is 1.61. The Balaban J connectivity index is 2.59. The zero-order valence-corrected chi connectivity index (χ0v) is 8.30. The maximum absolute atomic E-state index is 10.5. The Bertz CT molecular complexity index is 395. The highest BCUT2D eigenvalue weighted by Gasteiger charge is 1.94. The molecule has 1 aromatic rings. The number of amides is 1. The van der Waals surface area contributed by atoms with Crippen molar-refractivity contribution in [3.63, 3.8) is 0 Å². The lowest BCUT2D eigenvalue weighted by molar-refractivity contribution is -0.118. The van der Waals surface area contributed by atoms with E-state index in [4.69, 9.17) is 11.6 Å². The summed E-state index contributed by atoms with van der Waals surface area (Å²) < 4.78 is 0. The first-order valence-electron chi connectivity index (χ1n) is 3.89. The number of carbonyl (C=O) groups is 1. The van der Waals surface area contributed by atoms with Crippen molar-refractivity contribution >= 4 is 17.5 Å². The Morgan fingerprint density at radius 3 is 3.14 bits per heavy atom. The molecule has 1 heterocycles. The Labute approximate surface area is 86.7 Å². The van der Waals surface area contributed by atoms with Gasteiger partial charge in [-0.1, -0.05) is 23.4 Å². The zero-order chi connectivity index (χ0) is 10.4. The van der Waals surface area contributed by atoms with E-state index in [9.17, 15) is 4.79 Å². The average molecular weight is 210 g/mol. The van der Waals surface area contributed by atoms with Crippen LogP contribution in [0, 0.1) is 11.8 Å². The summed E-state index contributed by atoms with van der Waals surface area (Å²) in [5, 5.41) is 2.85. The molecule has 0 saturated heterocycles. The normalized spacial score (nSPS) is 8.71. The molecule has 0 saturated carbocycles. The minimum Gasteiger partial charge on any atom is -0.345 e. The molecule has 1 amide bonds. The van der Waals surface area contributed by atoms with Gasteiger partial charge in [-0.15, -0.1) is 0 Å². The number of carbonyl (C=O) groups excluding carboxylic acids is 1. The second-order valence-corrected chi connectivity index (χ2v) is 2.80. The summed E-state index contributed by atoms with van der Waals surface area (Å²) in [6.45, 7) is 1.72. The summed E-state index contributed by atoms with van der Waals surface area (Å²) in [4.78, 5) is 18.0. The smallest absolute Gasteiger partial charge is 0.217 e. The third kappa shape index (κ3) is 3.42. The summed E-state index contributed by atoms with van der Waals surface area (Å²) in [7, 11) is 0. The first-order chi connectivity index (χ1) is 6.70. The van der Waals surface area contributed by atoms with Gasteiger partial charge in [-0.2, -0.15) is 0 Å². The summed E-state index contributed by atoms with van der Waals surface area (Å²) in [5.74, 6) is 5.36. The molecule has 0 aliphatic rings. The van der Waals surface area contributed by atoms with Crippen LogP contribution in [0.5, 0.6) is 0 Å². The first kappa shape index (κ1) is 10.5. The van der Waals surface area contributed by atoms with Crippen LogP contribution in [0.2, 0.25) is 5.15 Å². The van der Waals surface area contributed by atoms with Gasteiger partial charge in [-0.3, -0.25) is 4.79 Å². The highest BCUT2D eigenvalue weighted by molar-refractivity contribution is 6.30. The molecule has 0 spiro atoms. The Morgan fingerprint density at radius 2 is 2.50 bits per heavy atom. The lowest BCUT2D eigenvalue weighted by Crippen LogP contribution is -2.19. The molecule has 1 aromatic heterocycles. The SMILES string of the molecule is CC(=O)NCC#Cc1cncnc1Cl. The summed E-state index contributed by atoms with van der Waals surface area (Å²) in [6, 6.07) is 0. The summed E-state index contributed by atoms with van der Waals surface area (Å²) in [5.41, 5.74) is 0.555. The molecule has 0 aliphatic carbocycles. The summed E-state index contributed by atoms with van der Waals surface area (Å²) in [6.07, 6.45) is 2.87. The van der Waals surface area contributed by atoms with Gasteiger partial charge in [0.1, 0.15) is 11.5 Å². The fourth-order valence-electron chi connectivity index (χ4n) is 0.707. The molecule has 0 bridgehead atoms. The number of nitrogens with zero attached hydrogens (tertiary/aromatic N) is 2. The van der Waals surface area contributed by atoms with E-state index in [0.717, 1.165) is 0 Å². The molecule has 0 aromatic carbocycles. The van der Waals surface area contributed by atoms with Crippen LogP contribution >= 0.6 is 11.6 Å². The van der Waals surface area contributed by atoms with Crippen molar-refractivity contribution in [3.8, 4) is 11.8 Å². The minimum atomic E-state index is -0.116. The van der Waals surface area contributed by atoms with Crippen molar-refractivity contribution < 1.29 is 4.79 Å². The van der Waals surface area contributed by atoms with Gasteiger partial charge in [0.2, 0.25) is 5.91 Å². The lowest BCUT2D eigenvalue weighted by atomic mass is 10.3. The Kier molecular flexibility index (Phi) is 3.89. The topological polar surface area (TPSA) is 54.9 Å². The van der Waals surface area contributed by atoms with Crippen LogP contribution in [0.1, 0.15) is 12.5 Å². The third-order valence-electron chi connectivity index (χ3n) is 1.31. The number of nitrogens with one attached hydrogen (secondary N) is 1. The zero-order valence-electron chi connectivity index (χ0n) is 7.54. The van der Waals surface area contributed by atoms with Crippen molar-refractivity contribution in [2.45, 2.75) is 6.92 Å². The number of hydrogen-bond donors (Lipinski definition) is 1. The number of halogens is 1. The first-order valence-corrected chi connectivity index (χ1v) is 4.27. The highest BCUT2D eigenvalue weighted by atomic mass is 35.5. The quantitative estimate of drug-likeness (QED) is 0.545. The molecule has 1 N–H and O–H groups in total. The summed E-state index contributed by atoms with van der Waals surface area (Å²) >= 11 is 5.72. The van der Waals surface area contributed by atoms with E-state index in [1.54, 1.807) is 0 Å². The van der Waals surface area contributed by atoms with E-state index in [-0.39, 0.29) is 5.91 Å². The molecule has 72 valence electrons. The van der Waals surface area contributed by atoms with E-state index in [1.807, 2.05) is 0 Å². The maximum atomic E-state index is 10.5. The fraction of sp³-hybridized carbons (Fsp3) is 0.222. The molecular formula is C9H8ClN3O. The van der Waals surface area contributed by atoms with E-state index >= 15 is 0 Å². The van der Waals surface area contributed by atoms with E-state index in [2.05, 4.69) is 27.1 Å². The van der Waals surface area contributed by atoms with Gasteiger partial charge in [-0.05, 0) is 0 Å². The largest absolute Gasteiger partial charge is 0.345 e. The van der Waals surface area contributed by atoms with E-state index < -0.39 is 0 Å². The molecular weight excluding hydrogens is 202 g/mol. The molecule has 14 heavy (non-hydrogen) atoms. The van der Waals surface area contributed by atoms with Crippen LogP contribution in [-0.4, -0.2) is 22.4 Å². The van der Waals surface area contributed by atoms with Gasteiger partial charge in [-0.25, -0.2) is 9.97 Å². The fourth-order valence-corrected chi connectivity index (χ4v) is 0.846. The maximum Gasteiger partial charge on any atom is 0.217 e. The second-order valence-electron chi connectivity index (χ2n) is 2.44. The minimum absolute atomic E-state index is 0.116. The van der Waals surface area contributed by atoms with Gasteiger partial charge >= 0.3 is 0 Å². The number of hydrogen-bond acceptors (Lipinski definition) is 3. The number of aromatic nitrogens is 2. The van der Waals surface area contributed by atoms with Gasteiger partial charge in [0.05, 0.1) is 12.1 Å². The van der Waals surface area contributed by atoms with E-state index in [1.165, 1.54) is 19.4 Å². The van der Waals surface area contributed by atoms with Crippen molar-refractivity contribution in [2.24, 2.45) is 0 Å². The Morgan fingerprint density at radius 1 is 1.71 bits per heavy atom. The molecule has 0 atom stereocenters. The predicted octanol–water partition coefficient (Wildman–Crippen LogP) is 0.618. The molecule has 0 fully saturated rings. The highest BCUT2D eigenvalue weighted by Crippen LogP contribution is 2.07. The lowest BCUT2D eigenvalue weighted by Gasteiger charge is -1.92. The molecule has 0 unspecified atom stereocenters. The molecule has 1 rings (SSSR count). The van der Waals surface area contributed by atoms with Gasteiger partial charge in [0, 0.05) is 13.1 Å². The number of rotatable bonds is 1. The van der Waals surface area contributed by atoms with Crippen molar-refractivity contribution in [2.75, 3.05) is 6.54 Å². The monoisotopic (exact) mass is 209 g/mol. The van der Waals surface area contributed by atoms with Gasteiger partial charge in [0.25, 0.3) is 0 Å². The van der Waals surface area contributed by atoms with Crippen molar-refractivity contribution in [3.05, 3.63) is 23.2 Å². The molecule has 0 aliphatic heterocycles.